The molecule has 294 valence electrons. The molecule has 0 bridgehead atoms. The molecule has 0 unspecified atom stereocenters. The molecular weight excluding hydrogens is 785 g/mol. The van der Waals surface area contributed by atoms with E-state index in [1.165, 1.54) is 60.3 Å². The fraction of sp³-hybridized carbons (Fsp3) is 0.0169. The Morgan fingerprint density at radius 3 is 1.63 bits per heavy atom. The average molecular weight is 821 g/mol. The molecule has 0 fully saturated rings. The van der Waals surface area contributed by atoms with Gasteiger partial charge in [-0.05, 0) is 86.0 Å². The first-order valence-electron chi connectivity index (χ1n) is 21.4. The molecule has 63 heavy (non-hydrogen) atoms. The lowest BCUT2D eigenvalue weighted by Gasteiger charge is -2.39. The number of ether oxygens (including phenoxy) is 1. The van der Waals surface area contributed by atoms with E-state index in [1.54, 1.807) is 11.3 Å². The van der Waals surface area contributed by atoms with Crippen molar-refractivity contribution in [2.24, 2.45) is 0 Å². The molecule has 9 aromatic carbocycles. The largest absolute Gasteiger partial charge is 0.457 e. The minimum Gasteiger partial charge on any atom is -0.457 e. The third kappa shape index (κ3) is 5.52. The molecule has 0 saturated carbocycles. The van der Waals surface area contributed by atoms with Crippen LogP contribution in [0.5, 0.6) is 11.5 Å². The van der Waals surface area contributed by atoms with E-state index >= 15 is 0 Å². The Hall–Kier alpha value is -7.92. The summed E-state index contributed by atoms with van der Waals surface area (Å²) in [5.74, 6) is 2.53. The SMILES string of the molecule is c1ccc(-c2ccc(-c3nc(-c4cccc(-c5ccc(-c6ccc7c(c6)C6(c8ccccc8Oc8ccccc86)c6ccccc6-7)cc5)c4)c4sc5ccccc5c4n3)cc2)cc1. The van der Waals surface area contributed by atoms with Gasteiger partial charge >= 0.3 is 0 Å². The maximum Gasteiger partial charge on any atom is 0.160 e. The first-order valence-corrected chi connectivity index (χ1v) is 22.2. The van der Waals surface area contributed by atoms with E-state index in [9.17, 15) is 0 Å². The van der Waals surface area contributed by atoms with Crippen molar-refractivity contribution in [3.8, 4) is 78.7 Å². The summed E-state index contributed by atoms with van der Waals surface area (Å²) >= 11 is 1.76. The fourth-order valence-corrected chi connectivity index (χ4v) is 11.2. The quantitative estimate of drug-likeness (QED) is 0.173. The standard InChI is InChI=1S/C59H36N2OS/c1-2-13-37(14-3-1)38-29-31-41(32-30-38)58-60-55(57-56(61-58)47-18-5-11-24-54(47)63-57)44-16-12-15-42(35-44)39-25-27-40(28-26-39)43-33-34-46-45-17-4-6-19-48(45)59(51(46)36-43)49-20-7-9-22-52(49)62-53-23-10-8-21-50(53)59/h1-36H. The van der Waals surface area contributed by atoms with E-state index < -0.39 is 5.41 Å². The van der Waals surface area contributed by atoms with Gasteiger partial charge in [0.05, 0.1) is 21.3 Å². The molecule has 13 rings (SSSR count). The third-order valence-corrected chi connectivity index (χ3v) is 14.2. The van der Waals surface area contributed by atoms with E-state index in [4.69, 9.17) is 14.7 Å². The van der Waals surface area contributed by atoms with Crippen LogP contribution in [0.4, 0.5) is 0 Å². The van der Waals surface area contributed by atoms with Crippen LogP contribution in [0, 0.1) is 0 Å². The Morgan fingerprint density at radius 1 is 0.365 bits per heavy atom. The number of para-hydroxylation sites is 2. The summed E-state index contributed by atoms with van der Waals surface area (Å²) in [5, 5.41) is 1.15. The molecule has 1 aliphatic carbocycles. The highest BCUT2D eigenvalue weighted by Crippen LogP contribution is 2.62. The summed E-state index contributed by atoms with van der Waals surface area (Å²) in [5.41, 5.74) is 17.9. The fourth-order valence-electron chi connectivity index (χ4n) is 10.1. The van der Waals surface area contributed by atoms with Gasteiger partial charge in [-0.15, -0.1) is 11.3 Å². The molecule has 2 aromatic heterocycles. The molecule has 0 N–H and O–H groups in total. The molecule has 3 heterocycles. The van der Waals surface area contributed by atoms with Crippen molar-refractivity contribution in [3.05, 3.63) is 241 Å². The van der Waals surface area contributed by atoms with Crippen LogP contribution in [0.2, 0.25) is 0 Å². The Morgan fingerprint density at radius 2 is 0.889 bits per heavy atom. The van der Waals surface area contributed by atoms with Gasteiger partial charge in [0.2, 0.25) is 0 Å². The highest BCUT2D eigenvalue weighted by molar-refractivity contribution is 7.26. The number of nitrogens with zero attached hydrogens (tertiary/aromatic N) is 2. The lowest BCUT2D eigenvalue weighted by molar-refractivity contribution is 0.436. The molecule has 0 amide bonds. The summed E-state index contributed by atoms with van der Waals surface area (Å²) < 4.78 is 8.88. The number of benzene rings is 9. The molecule has 0 saturated heterocycles. The van der Waals surface area contributed by atoms with E-state index in [2.05, 4.69) is 212 Å². The zero-order chi connectivity index (χ0) is 41.5. The number of hydrogen-bond donors (Lipinski definition) is 0. The van der Waals surface area contributed by atoms with Gasteiger partial charge in [0, 0.05) is 32.3 Å². The molecule has 0 atom stereocenters. The maximum absolute atomic E-state index is 6.57. The molecule has 0 radical (unpaired) electrons. The van der Waals surface area contributed by atoms with Gasteiger partial charge in [-0.1, -0.05) is 188 Å². The highest BCUT2D eigenvalue weighted by atomic mass is 32.1. The molecule has 1 aliphatic heterocycles. The van der Waals surface area contributed by atoms with Gasteiger partial charge in [0.25, 0.3) is 0 Å². The van der Waals surface area contributed by atoms with E-state index in [0.717, 1.165) is 60.9 Å². The highest BCUT2D eigenvalue weighted by Gasteiger charge is 2.51. The lowest BCUT2D eigenvalue weighted by Crippen LogP contribution is -2.32. The van der Waals surface area contributed by atoms with Crippen LogP contribution < -0.4 is 4.74 Å². The second kappa shape index (κ2) is 14.1. The number of fused-ring (bicyclic) bond motifs is 12. The second-order valence-electron chi connectivity index (χ2n) is 16.4. The zero-order valence-electron chi connectivity index (χ0n) is 34.0. The number of rotatable bonds is 5. The Labute approximate surface area is 369 Å². The zero-order valence-corrected chi connectivity index (χ0v) is 34.8. The smallest absolute Gasteiger partial charge is 0.160 e. The Balaban J connectivity index is 0.892. The van der Waals surface area contributed by atoms with Gasteiger partial charge in [0.15, 0.2) is 5.82 Å². The third-order valence-electron chi connectivity index (χ3n) is 13.0. The van der Waals surface area contributed by atoms with Crippen LogP contribution in [0.1, 0.15) is 22.3 Å². The minimum atomic E-state index is -0.500. The van der Waals surface area contributed by atoms with E-state index in [-0.39, 0.29) is 0 Å². The predicted octanol–water partition coefficient (Wildman–Crippen LogP) is 15.6. The monoisotopic (exact) mass is 820 g/mol. The Bertz CT molecular complexity index is 3540. The van der Waals surface area contributed by atoms with Gasteiger partial charge in [-0.2, -0.15) is 0 Å². The van der Waals surface area contributed by atoms with Gasteiger partial charge in [-0.25, -0.2) is 9.97 Å². The van der Waals surface area contributed by atoms with Crippen molar-refractivity contribution >= 4 is 31.6 Å². The van der Waals surface area contributed by atoms with E-state index in [1.807, 2.05) is 6.07 Å². The van der Waals surface area contributed by atoms with Crippen LogP contribution in [0.25, 0.3) is 87.5 Å². The summed E-state index contributed by atoms with van der Waals surface area (Å²) in [6.07, 6.45) is 0. The maximum atomic E-state index is 6.57. The lowest BCUT2D eigenvalue weighted by atomic mass is 9.66. The van der Waals surface area contributed by atoms with Crippen molar-refractivity contribution in [1.82, 2.24) is 9.97 Å². The molecule has 2 aliphatic rings. The summed E-state index contributed by atoms with van der Waals surface area (Å²) in [4.78, 5) is 10.5. The number of aromatic nitrogens is 2. The van der Waals surface area contributed by atoms with Crippen LogP contribution in [0.3, 0.4) is 0 Å². The summed E-state index contributed by atoms with van der Waals surface area (Å²) in [6, 6.07) is 78.4. The topological polar surface area (TPSA) is 35.0 Å². The summed E-state index contributed by atoms with van der Waals surface area (Å²) in [7, 11) is 0. The average Bonchev–Trinajstić information content (AvgIpc) is 3.88. The van der Waals surface area contributed by atoms with Crippen molar-refractivity contribution in [1.29, 1.82) is 0 Å². The first-order chi connectivity index (χ1) is 31.2. The molecular formula is C59H36N2OS. The van der Waals surface area contributed by atoms with Crippen LogP contribution in [0.15, 0.2) is 218 Å². The van der Waals surface area contributed by atoms with E-state index in [0.29, 0.717) is 0 Å². The van der Waals surface area contributed by atoms with Gasteiger partial charge < -0.3 is 4.74 Å². The second-order valence-corrected chi connectivity index (χ2v) is 17.5. The van der Waals surface area contributed by atoms with Crippen LogP contribution in [-0.4, -0.2) is 9.97 Å². The molecule has 1 spiro atoms. The van der Waals surface area contributed by atoms with Gasteiger partial charge in [-0.3, -0.25) is 0 Å². The molecule has 3 nitrogen and oxygen atoms in total. The van der Waals surface area contributed by atoms with Crippen molar-refractivity contribution in [2.75, 3.05) is 0 Å². The van der Waals surface area contributed by atoms with Gasteiger partial charge in [0.1, 0.15) is 11.5 Å². The first kappa shape index (κ1) is 35.8. The molecule has 4 heteroatoms. The Kier molecular flexibility index (Phi) is 7.99. The van der Waals surface area contributed by atoms with Crippen molar-refractivity contribution in [2.45, 2.75) is 5.41 Å². The van der Waals surface area contributed by atoms with Crippen molar-refractivity contribution < 1.29 is 4.74 Å². The van der Waals surface area contributed by atoms with Crippen molar-refractivity contribution in [3.63, 3.8) is 0 Å². The van der Waals surface area contributed by atoms with Crippen LogP contribution >= 0.6 is 11.3 Å². The number of hydrogen-bond acceptors (Lipinski definition) is 4. The van der Waals surface area contributed by atoms with Crippen LogP contribution in [-0.2, 0) is 5.41 Å². The number of thiophene rings is 1. The molecule has 11 aromatic rings. The minimum absolute atomic E-state index is 0.500. The summed E-state index contributed by atoms with van der Waals surface area (Å²) in [6.45, 7) is 0. The predicted molar refractivity (Wildman–Crippen MR) is 259 cm³/mol. The normalized spacial score (nSPS) is 13.0.